The Kier molecular flexibility index (Phi) is 7.25. The van der Waals surface area contributed by atoms with Crippen molar-refractivity contribution < 1.29 is 4.74 Å². The van der Waals surface area contributed by atoms with Crippen molar-refractivity contribution in [1.82, 2.24) is 15.6 Å². The molecule has 1 aromatic heterocycles. The summed E-state index contributed by atoms with van der Waals surface area (Å²) >= 11 is 1.72. The van der Waals surface area contributed by atoms with Crippen LogP contribution in [-0.2, 0) is 6.54 Å². The van der Waals surface area contributed by atoms with Crippen molar-refractivity contribution in [3.05, 3.63) is 45.4 Å². The Morgan fingerprint density at radius 2 is 2.00 bits per heavy atom. The predicted molar refractivity (Wildman–Crippen MR) is 106 cm³/mol. The van der Waals surface area contributed by atoms with E-state index in [1.807, 2.05) is 26.0 Å². The number of aliphatic imine (C=N–C) groups is 1. The molecule has 0 aliphatic carbocycles. The number of para-hydroxylation sites is 1. The minimum atomic E-state index is 0.449. The standard InChI is InChI=1S/C19H28N4OS/c1-13(2)16-8-6-7-9-17(16)24-11-10-21-19(20-5)22-12-18-14(3)23-15(4)25-18/h6-9,13H,10-12H2,1-5H3,(H2,20,21,22). The molecule has 0 spiro atoms. The zero-order valence-electron chi connectivity index (χ0n) is 15.7. The molecule has 0 amide bonds. The molecule has 0 saturated heterocycles. The van der Waals surface area contributed by atoms with Crippen molar-refractivity contribution in [3.8, 4) is 5.75 Å². The fourth-order valence-corrected chi connectivity index (χ4v) is 3.42. The second kappa shape index (κ2) is 9.42. The number of benzene rings is 1. The van der Waals surface area contributed by atoms with Crippen LogP contribution in [0.5, 0.6) is 5.75 Å². The van der Waals surface area contributed by atoms with Gasteiger partial charge in [0.2, 0.25) is 0 Å². The molecule has 5 nitrogen and oxygen atoms in total. The molecular weight excluding hydrogens is 332 g/mol. The highest BCUT2D eigenvalue weighted by molar-refractivity contribution is 7.11. The lowest BCUT2D eigenvalue weighted by Crippen LogP contribution is -2.38. The first-order valence-electron chi connectivity index (χ1n) is 8.60. The van der Waals surface area contributed by atoms with Gasteiger partial charge in [0.1, 0.15) is 12.4 Å². The fraction of sp³-hybridized carbons (Fsp3) is 0.474. The molecule has 0 radical (unpaired) electrons. The van der Waals surface area contributed by atoms with Crippen LogP contribution in [0.1, 0.15) is 40.9 Å². The van der Waals surface area contributed by atoms with Crippen LogP contribution in [0, 0.1) is 13.8 Å². The number of aromatic nitrogens is 1. The van der Waals surface area contributed by atoms with Crippen LogP contribution in [0.4, 0.5) is 0 Å². The lowest BCUT2D eigenvalue weighted by molar-refractivity contribution is 0.317. The number of thiazole rings is 1. The normalized spacial score (nSPS) is 11.7. The number of rotatable bonds is 7. The third kappa shape index (κ3) is 5.74. The Hall–Kier alpha value is -2.08. The third-order valence-corrected chi connectivity index (χ3v) is 4.91. The van der Waals surface area contributed by atoms with Gasteiger partial charge < -0.3 is 15.4 Å². The number of hydrogen-bond acceptors (Lipinski definition) is 4. The summed E-state index contributed by atoms with van der Waals surface area (Å²) in [6, 6.07) is 8.20. The van der Waals surface area contributed by atoms with Gasteiger partial charge in [-0.15, -0.1) is 11.3 Å². The summed E-state index contributed by atoms with van der Waals surface area (Å²) in [5.74, 6) is 2.17. The lowest BCUT2D eigenvalue weighted by atomic mass is 10.0. The van der Waals surface area contributed by atoms with Gasteiger partial charge in [0, 0.05) is 11.9 Å². The summed E-state index contributed by atoms with van der Waals surface area (Å²) in [5.41, 5.74) is 2.32. The average Bonchev–Trinajstić information content (AvgIpc) is 2.92. The predicted octanol–water partition coefficient (Wildman–Crippen LogP) is 3.63. The number of hydrogen-bond donors (Lipinski definition) is 2. The van der Waals surface area contributed by atoms with E-state index in [9.17, 15) is 0 Å². The van der Waals surface area contributed by atoms with Crippen molar-refractivity contribution in [3.63, 3.8) is 0 Å². The minimum Gasteiger partial charge on any atom is -0.491 e. The van der Waals surface area contributed by atoms with Crippen molar-refractivity contribution in [2.75, 3.05) is 20.2 Å². The molecule has 2 N–H and O–H groups in total. The molecule has 0 aliphatic rings. The van der Waals surface area contributed by atoms with Gasteiger partial charge in [0.05, 0.1) is 23.8 Å². The van der Waals surface area contributed by atoms with Gasteiger partial charge in [-0.25, -0.2) is 4.98 Å². The number of aryl methyl sites for hydroxylation is 2. The first-order valence-corrected chi connectivity index (χ1v) is 9.42. The van der Waals surface area contributed by atoms with Crippen LogP contribution >= 0.6 is 11.3 Å². The Balaban J connectivity index is 1.77. The maximum atomic E-state index is 5.93. The molecule has 0 saturated carbocycles. The molecule has 2 aromatic rings. The van der Waals surface area contributed by atoms with Crippen LogP contribution in [0.25, 0.3) is 0 Å². The van der Waals surface area contributed by atoms with Gasteiger partial charge in [0.25, 0.3) is 0 Å². The highest BCUT2D eigenvalue weighted by Crippen LogP contribution is 2.25. The number of ether oxygens (including phenoxy) is 1. The molecule has 25 heavy (non-hydrogen) atoms. The fourth-order valence-electron chi connectivity index (χ4n) is 2.54. The molecular formula is C19H28N4OS. The second-order valence-corrected chi connectivity index (χ2v) is 7.42. The highest BCUT2D eigenvalue weighted by Gasteiger charge is 2.07. The summed E-state index contributed by atoms with van der Waals surface area (Å²) in [6.45, 7) is 10.4. The van der Waals surface area contributed by atoms with E-state index in [1.165, 1.54) is 10.4 Å². The molecule has 6 heteroatoms. The summed E-state index contributed by atoms with van der Waals surface area (Å²) in [4.78, 5) is 9.94. The molecule has 0 aliphatic heterocycles. The highest BCUT2D eigenvalue weighted by atomic mass is 32.1. The van der Waals surface area contributed by atoms with Gasteiger partial charge in [0.15, 0.2) is 5.96 Å². The van der Waals surface area contributed by atoms with Gasteiger partial charge in [-0.05, 0) is 31.4 Å². The smallest absolute Gasteiger partial charge is 0.191 e. The Morgan fingerprint density at radius 3 is 2.64 bits per heavy atom. The molecule has 2 rings (SSSR count). The maximum absolute atomic E-state index is 5.93. The Bertz CT molecular complexity index is 709. The molecule has 0 bridgehead atoms. The quantitative estimate of drug-likeness (QED) is 0.450. The van der Waals surface area contributed by atoms with E-state index in [2.05, 4.69) is 46.6 Å². The van der Waals surface area contributed by atoms with Crippen LogP contribution < -0.4 is 15.4 Å². The third-order valence-electron chi connectivity index (χ3n) is 3.83. The maximum Gasteiger partial charge on any atom is 0.191 e. The van der Waals surface area contributed by atoms with Gasteiger partial charge in [-0.2, -0.15) is 0 Å². The first-order chi connectivity index (χ1) is 12.0. The molecule has 0 atom stereocenters. The van der Waals surface area contributed by atoms with Crippen molar-refractivity contribution >= 4 is 17.3 Å². The summed E-state index contributed by atoms with van der Waals surface area (Å²) in [5, 5.41) is 7.70. The monoisotopic (exact) mass is 360 g/mol. The Labute approximate surface area is 154 Å². The average molecular weight is 361 g/mol. The van der Waals surface area contributed by atoms with Gasteiger partial charge in [-0.1, -0.05) is 32.0 Å². The minimum absolute atomic E-state index is 0.449. The molecule has 0 fully saturated rings. The van der Waals surface area contributed by atoms with E-state index in [-0.39, 0.29) is 0 Å². The van der Waals surface area contributed by atoms with E-state index in [1.54, 1.807) is 18.4 Å². The lowest BCUT2D eigenvalue weighted by Gasteiger charge is -2.15. The van der Waals surface area contributed by atoms with Crippen LogP contribution in [0.2, 0.25) is 0 Å². The topological polar surface area (TPSA) is 58.5 Å². The van der Waals surface area contributed by atoms with Crippen LogP contribution in [0.3, 0.4) is 0 Å². The largest absolute Gasteiger partial charge is 0.491 e. The van der Waals surface area contributed by atoms with Crippen molar-refractivity contribution in [2.45, 2.75) is 40.2 Å². The summed E-state index contributed by atoms with van der Waals surface area (Å²) in [7, 11) is 1.77. The van der Waals surface area contributed by atoms with E-state index < -0.39 is 0 Å². The number of nitrogens with zero attached hydrogens (tertiary/aromatic N) is 2. The SMILES string of the molecule is CN=C(NCCOc1ccccc1C(C)C)NCc1sc(C)nc1C. The van der Waals surface area contributed by atoms with Crippen LogP contribution in [0.15, 0.2) is 29.3 Å². The number of nitrogens with one attached hydrogen (secondary N) is 2. The van der Waals surface area contributed by atoms with Crippen LogP contribution in [-0.4, -0.2) is 31.1 Å². The van der Waals surface area contributed by atoms with E-state index in [0.717, 1.165) is 29.0 Å². The molecule has 136 valence electrons. The first kappa shape index (κ1) is 19.2. The van der Waals surface area contributed by atoms with E-state index in [0.29, 0.717) is 19.1 Å². The molecule has 1 aromatic carbocycles. The summed E-state index contributed by atoms with van der Waals surface area (Å²) < 4.78 is 5.93. The van der Waals surface area contributed by atoms with Crippen molar-refractivity contribution in [1.29, 1.82) is 0 Å². The summed E-state index contributed by atoms with van der Waals surface area (Å²) in [6.07, 6.45) is 0. The molecule has 1 heterocycles. The van der Waals surface area contributed by atoms with Gasteiger partial charge in [-0.3, -0.25) is 4.99 Å². The van der Waals surface area contributed by atoms with Gasteiger partial charge >= 0.3 is 0 Å². The van der Waals surface area contributed by atoms with E-state index in [4.69, 9.17) is 4.74 Å². The van der Waals surface area contributed by atoms with Crippen molar-refractivity contribution in [2.24, 2.45) is 4.99 Å². The Morgan fingerprint density at radius 1 is 1.24 bits per heavy atom. The zero-order valence-corrected chi connectivity index (χ0v) is 16.5. The zero-order chi connectivity index (χ0) is 18.2. The number of guanidine groups is 1. The molecule has 0 unspecified atom stereocenters. The second-order valence-electron chi connectivity index (χ2n) is 6.14. The van der Waals surface area contributed by atoms with E-state index >= 15 is 0 Å².